The Labute approximate surface area is 142 Å². The SMILES string of the molecule is CCn1cc(C(=O)N2CC[C@H](c3cc(NC)cc(C)n3)C2)c(C)n1. The third-order valence-corrected chi connectivity index (χ3v) is 4.66. The molecule has 6 heteroatoms. The van der Waals surface area contributed by atoms with Crippen LogP contribution in [0.3, 0.4) is 0 Å². The maximum absolute atomic E-state index is 12.8. The fraction of sp³-hybridized carbons (Fsp3) is 0.500. The number of hydrogen-bond acceptors (Lipinski definition) is 4. The Morgan fingerprint density at radius 3 is 2.83 bits per heavy atom. The number of pyridine rings is 1. The van der Waals surface area contributed by atoms with E-state index in [-0.39, 0.29) is 5.91 Å². The molecule has 2 aromatic heterocycles. The Morgan fingerprint density at radius 1 is 1.38 bits per heavy atom. The van der Waals surface area contributed by atoms with Crippen LogP contribution >= 0.6 is 0 Å². The zero-order chi connectivity index (χ0) is 17.3. The molecule has 6 nitrogen and oxygen atoms in total. The van der Waals surface area contributed by atoms with E-state index in [0.29, 0.717) is 11.5 Å². The molecule has 1 atom stereocenters. The highest BCUT2D eigenvalue weighted by Gasteiger charge is 2.30. The first-order chi connectivity index (χ1) is 11.5. The average molecular weight is 327 g/mol. The second kappa shape index (κ2) is 6.63. The van der Waals surface area contributed by atoms with E-state index in [0.717, 1.165) is 48.8 Å². The molecule has 1 fully saturated rings. The number of carbonyl (C=O) groups is 1. The molecule has 128 valence electrons. The number of likely N-dealkylation sites (tertiary alicyclic amines) is 1. The Hall–Kier alpha value is -2.37. The number of amides is 1. The number of carbonyl (C=O) groups excluding carboxylic acids is 1. The Kier molecular flexibility index (Phi) is 4.55. The molecule has 0 spiro atoms. The molecule has 1 saturated heterocycles. The molecule has 0 bridgehead atoms. The molecule has 1 aliphatic heterocycles. The zero-order valence-electron chi connectivity index (χ0n) is 14.8. The van der Waals surface area contributed by atoms with Gasteiger partial charge in [0.2, 0.25) is 0 Å². The van der Waals surface area contributed by atoms with Gasteiger partial charge in [0.05, 0.1) is 11.3 Å². The molecule has 0 saturated carbocycles. The first-order valence-electron chi connectivity index (χ1n) is 8.51. The molecule has 0 unspecified atom stereocenters. The molecule has 3 heterocycles. The van der Waals surface area contributed by atoms with Crippen molar-refractivity contribution in [2.75, 3.05) is 25.5 Å². The lowest BCUT2D eigenvalue weighted by molar-refractivity contribution is 0.0790. The molecular weight excluding hydrogens is 302 g/mol. The first-order valence-corrected chi connectivity index (χ1v) is 8.51. The summed E-state index contributed by atoms with van der Waals surface area (Å²) in [4.78, 5) is 19.4. The predicted octanol–water partition coefficient (Wildman–Crippen LogP) is 2.59. The monoisotopic (exact) mass is 327 g/mol. The third kappa shape index (κ3) is 3.13. The van der Waals surface area contributed by atoms with Crippen molar-refractivity contribution in [3.05, 3.63) is 41.0 Å². The quantitative estimate of drug-likeness (QED) is 0.937. The van der Waals surface area contributed by atoms with Gasteiger partial charge in [-0.2, -0.15) is 5.10 Å². The number of nitrogens with one attached hydrogen (secondary N) is 1. The lowest BCUT2D eigenvalue weighted by Crippen LogP contribution is -2.28. The molecule has 1 aliphatic rings. The molecule has 0 aromatic carbocycles. The summed E-state index contributed by atoms with van der Waals surface area (Å²) >= 11 is 0. The van der Waals surface area contributed by atoms with E-state index in [2.05, 4.69) is 21.5 Å². The largest absolute Gasteiger partial charge is 0.388 e. The number of aromatic nitrogens is 3. The zero-order valence-corrected chi connectivity index (χ0v) is 14.8. The van der Waals surface area contributed by atoms with Crippen molar-refractivity contribution >= 4 is 11.6 Å². The Morgan fingerprint density at radius 2 is 2.17 bits per heavy atom. The van der Waals surface area contributed by atoms with Crippen LogP contribution < -0.4 is 5.32 Å². The number of nitrogens with zero attached hydrogens (tertiary/aromatic N) is 4. The average Bonchev–Trinajstić information content (AvgIpc) is 3.20. The minimum absolute atomic E-state index is 0.0798. The van der Waals surface area contributed by atoms with Crippen molar-refractivity contribution in [2.24, 2.45) is 0 Å². The number of hydrogen-bond donors (Lipinski definition) is 1. The van der Waals surface area contributed by atoms with Crippen LogP contribution in [0.4, 0.5) is 5.69 Å². The van der Waals surface area contributed by atoms with E-state index < -0.39 is 0 Å². The molecule has 3 rings (SSSR count). The molecular formula is C18H25N5O. The highest BCUT2D eigenvalue weighted by molar-refractivity contribution is 5.95. The summed E-state index contributed by atoms with van der Waals surface area (Å²) in [6.45, 7) is 8.19. The van der Waals surface area contributed by atoms with Gasteiger partial charge in [-0.1, -0.05) is 0 Å². The van der Waals surface area contributed by atoms with Gasteiger partial charge in [-0.15, -0.1) is 0 Å². The van der Waals surface area contributed by atoms with Crippen LogP contribution in [0.15, 0.2) is 18.3 Å². The first kappa shape index (κ1) is 16.5. The molecule has 24 heavy (non-hydrogen) atoms. The minimum atomic E-state index is 0.0798. The minimum Gasteiger partial charge on any atom is -0.388 e. The summed E-state index contributed by atoms with van der Waals surface area (Å²) < 4.78 is 1.82. The van der Waals surface area contributed by atoms with E-state index >= 15 is 0 Å². The van der Waals surface area contributed by atoms with Crippen molar-refractivity contribution in [3.63, 3.8) is 0 Å². The predicted molar refractivity (Wildman–Crippen MR) is 94.4 cm³/mol. The lowest BCUT2D eigenvalue weighted by atomic mass is 10.0. The van der Waals surface area contributed by atoms with Crippen molar-refractivity contribution < 1.29 is 4.79 Å². The summed E-state index contributed by atoms with van der Waals surface area (Å²) in [5.41, 5.74) is 4.65. The number of anilines is 1. The van der Waals surface area contributed by atoms with Gasteiger partial charge >= 0.3 is 0 Å². The van der Waals surface area contributed by atoms with E-state index in [1.54, 1.807) is 0 Å². The van der Waals surface area contributed by atoms with Crippen LogP contribution in [0.1, 0.15) is 46.7 Å². The Balaban J connectivity index is 1.76. The van der Waals surface area contributed by atoms with E-state index in [1.165, 1.54) is 0 Å². The van der Waals surface area contributed by atoms with Crippen LogP contribution in [0, 0.1) is 13.8 Å². The summed E-state index contributed by atoms with van der Waals surface area (Å²) in [6.07, 6.45) is 2.81. The van der Waals surface area contributed by atoms with Gasteiger partial charge in [0.25, 0.3) is 5.91 Å². The molecule has 1 amide bonds. The molecule has 2 aromatic rings. The van der Waals surface area contributed by atoms with Crippen LogP contribution in [0.25, 0.3) is 0 Å². The highest BCUT2D eigenvalue weighted by atomic mass is 16.2. The standard InChI is InChI=1S/C18H25N5O/c1-5-23-11-16(13(3)21-23)18(24)22-7-6-14(10-22)17-9-15(19-4)8-12(2)20-17/h8-9,11,14H,5-7,10H2,1-4H3,(H,19,20)/t14-/m0/s1. The van der Waals surface area contributed by atoms with Crippen LogP contribution in [-0.2, 0) is 6.54 Å². The Bertz CT molecular complexity index is 752. The number of rotatable bonds is 4. The summed E-state index contributed by atoms with van der Waals surface area (Å²) in [7, 11) is 1.91. The van der Waals surface area contributed by atoms with Crippen LogP contribution in [0.5, 0.6) is 0 Å². The fourth-order valence-corrected chi connectivity index (χ4v) is 3.29. The lowest BCUT2D eigenvalue weighted by Gasteiger charge is -2.16. The van der Waals surface area contributed by atoms with Crippen molar-refractivity contribution in [1.82, 2.24) is 19.7 Å². The molecule has 0 radical (unpaired) electrons. The van der Waals surface area contributed by atoms with Gasteiger partial charge in [-0.3, -0.25) is 14.5 Å². The van der Waals surface area contributed by atoms with Crippen molar-refractivity contribution in [3.8, 4) is 0 Å². The second-order valence-corrected chi connectivity index (χ2v) is 6.39. The van der Waals surface area contributed by atoms with E-state index in [9.17, 15) is 4.79 Å². The molecule has 1 N–H and O–H groups in total. The van der Waals surface area contributed by atoms with Gasteiger partial charge in [0, 0.05) is 55.9 Å². The van der Waals surface area contributed by atoms with Crippen molar-refractivity contribution in [1.29, 1.82) is 0 Å². The normalized spacial score (nSPS) is 17.3. The maximum atomic E-state index is 12.8. The van der Waals surface area contributed by atoms with Crippen LogP contribution in [-0.4, -0.2) is 45.7 Å². The second-order valence-electron chi connectivity index (χ2n) is 6.39. The van der Waals surface area contributed by atoms with E-state index in [1.807, 2.05) is 49.7 Å². The van der Waals surface area contributed by atoms with Gasteiger partial charge in [0.15, 0.2) is 0 Å². The third-order valence-electron chi connectivity index (χ3n) is 4.66. The summed E-state index contributed by atoms with van der Waals surface area (Å²) in [6, 6.07) is 4.12. The number of aryl methyl sites for hydroxylation is 3. The summed E-state index contributed by atoms with van der Waals surface area (Å²) in [5, 5.41) is 7.56. The van der Waals surface area contributed by atoms with Crippen LogP contribution in [0.2, 0.25) is 0 Å². The summed E-state index contributed by atoms with van der Waals surface area (Å²) in [5.74, 6) is 0.374. The fourth-order valence-electron chi connectivity index (χ4n) is 3.29. The van der Waals surface area contributed by atoms with Crippen molar-refractivity contribution in [2.45, 2.75) is 39.7 Å². The van der Waals surface area contributed by atoms with Gasteiger partial charge in [0.1, 0.15) is 0 Å². The topological polar surface area (TPSA) is 63.1 Å². The maximum Gasteiger partial charge on any atom is 0.257 e. The van der Waals surface area contributed by atoms with Gasteiger partial charge < -0.3 is 10.2 Å². The highest BCUT2D eigenvalue weighted by Crippen LogP contribution is 2.29. The molecule has 0 aliphatic carbocycles. The van der Waals surface area contributed by atoms with E-state index in [4.69, 9.17) is 0 Å². The van der Waals surface area contributed by atoms with Gasteiger partial charge in [-0.25, -0.2) is 0 Å². The smallest absolute Gasteiger partial charge is 0.257 e. The van der Waals surface area contributed by atoms with Gasteiger partial charge in [-0.05, 0) is 39.3 Å².